The molecule has 7 heteroatoms. The van der Waals surface area contributed by atoms with Crippen LogP contribution in [0.15, 0.2) is 35.1 Å². The Balaban J connectivity index is 1.78. The third-order valence-electron chi connectivity index (χ3n) is 3.08. The third kappa shape index (κ3) is 2.71. The smallest absolute Gasteiger partial charge is 0.274 e. The molecule has 0 amide bonds. The van der Waals surface area contributed by atoms with E-state index in [1.54, 1.807) is 14.0 Å². The summed E-state index contributed by atoms with van der Waals surface area (Å²) in [6, 6.07) is 9.17. The lowest BCUT2D eigenvalue weighted by molar-refractivity contribution is 0.414. The first kappa shape index (κ1) is 13.2. The standard InChI is InChI=1S/C14H15N5O2/c1-9-7-12(20)19-14(16-9)17-13(18-19)15-8-10-3-5-11(21-2)6-4-10/h3-7H,8H2,1-2H3,(H2,15,16,17,18). The van der Waals surface area contributed by atoms with Crippen LogP contribution in [-0.4, -0.2) is 26.7 Å². The van der Waals surface area contributed by atoms with Crippen molar-refractivity contribution < 1.29 is 4.74 Å². The van der Waals surface area contributed by atoms with Gasteiger partial charge in [0.25, 0.3) is 11.3 Å². The molecule has 7 nitrogen and oxygen atoms in total. The molecule has 0 bridgehead atoms. The third-order valence-corrected chi connectivity index (χ3v) is 3.08. The molecule has 3 rings (SSSR count). The summed E-state index contributed by atoms with van der Waals surface area (Å²) < 4.78 is 6.42. The summed E-state index contributed by atoms with van der Waals surface area (Å²) in [5, 5.41) is 6.01. The van der Waals surface area contributed by atoms with Crippen LogP contribution in [0.5, 0.6) is 5.75 Å². The minimum Gasteiger partial charge on any atom is -0.497 e. The van der Waals surface area contributed by atoms with Crippen molar-refractivity contribution in [2.45, 2.75) is 13.5 Å². The van der Waals surface area contributed by atoms with Crippen molar-refractivity contribution in [3.8, 4) is 5.75 Å². The zero-order valence-corrected chi connectivity index (χ0v) is 11.8. The Kier molecular flexibility index (Phi) is 3.31. The molecule has 1 aromatic carbocycles. The van der Waals surface area contributed by atoms with Crippen molar-refractivity contribution in [1.82, 2.24) is 19.6 Å². The number of ether oxygens (including phenoxy) is 1. The van der Waals surface area contributed by atoms with Gasteiger partial charge < -0.3 is 10.1 Å². The molecule has 0 aliphatic carbocycles. The number of benzene rings is 1. The maximum absolute atomic E-state index is 11.8. The molecule has 0 radical (unpaired) electrons. The van der Waals surface area contributed by atoms with Crippen LogP contribution in [0.1, 0.15) is 11.3 Å². The summed E-state index contributed by atoms with van der Waals surface area (Å²) in [5.74, 6) is 1.67. The molecule has 0 aliphatic heterocycles. The number of methoxy groups -OCH3 is 1. The van der Waals surface area contributed by atoms with Crippen LogP contribution in [-0.2, 0) is 6.54 Å². The first-order chi connectivity index (χ1) is 10.2. The second-order valence-electron chi connectivity index (χ2n) is 4.65. The molecule has 0 aliphatic rings. The monoisotopic (exact) mass is 285 g/mol. The summed E-state index contributed by atoms with van der Waals surface area (Å²) in [6.45, 7) is 2.35. The molecule has 3 aromatic rings. The van der Waals surface area contributed by atoms with Crippen molar-refractivity contribution >= 4 is 11.7 Å². The summed E-state index contributed by atoms with van der Waals surface area (Å²) in [4.78, 5) is 20.2. The van der Waals surface area contributed by atoms with Crippen molar-refractivity contribution in [2.24, 2.45) is 0 Å². The van der Waals surface area contributed by atoms with E-state index in [2.05, 4.69) is 20.4 Å². The molecule has 0 unspecified atom stereocenters. The van der Waals surface area contributed by atoms with Crippen LogP contribution < -0.4 is 15.6 Å². The van der Waals surface area contributed by atoms with E-state index in [4.69, 9.17) is 4.74 Å². The predicted octanol–water partition coefficient (Wildman–Crippen LogP) is 1.35. The normalized spacial score (nSPS) is 10.8. The fourth-order valence-electron chi connectivity index (χ4n) is 2.00. The molecular weight excluding hydrogens is 270 g/mol. The lowest BCUT2D eigenvalue weighted by Crippen LogP contribution is -2.14. The maximum Gasteiger partial charge on any atom is 0.274 e. The van der Waals surface area contributed by atoms with Gasteiger partial charge in [-0.3, -0.25) is 9.89 Å². The predicted molar refractivity (Wildman–Crippen MR) is 78.7 cm³/mol. The topological polar surface area (TPSA) is 84.3 Å². The molecule has 0 atom stereocenters. The van der Waals surface area contributed by atoms with E-state index >= 15 is 0 Å². The second-order valence-corrected chi connectivity index (χ2v) is 4.65. The average Bonchev–Trinajstić information content (AvgIpc) is 2.89. The van der Waals surface area contributed by atoms with Gasteiger partial charge in [-0.15, -0.1) is 0 Å². The van der Waals surface area contributed by atoms with Crippen molar-refractivity contribution in [3.63, 3.8) is 0 Å². The number of aryl methyl sites for hydroxylation is 1. The van der Waals surface area contributed by atoms with Crippen LogP contribution in [0.25, 0.3) is 5.78 Å². The van der Waals surface area contributed by atoms with Gasteiger partial charge in [0, 0.05) is 18.3 Å². The number of fused-ring (bicyclic) bond motifs is 1. The second kappa shape index (κ2) is 5.28. The van der Waals surface area contributed by atoms with E-state index < -0.39 is 0 Å². The van der Waals surface area contributed by atoms with Crippen molar-refractivity contribution in [2.75, 3.05) is 12.4 Å². The van der Waals surface area contributed by atoms with Crippen LogP contribution in [0.3, 0.4) is 0 Å². The van der Waals surface area contributed by atoms with Gasteiger partial charge in [0.2, 0.25) is 5.95 Å². The Morgan fingerprint density at radius 3 is 2.76 bits per heavy atom. The number of nitrogens with one attached hydrogen (secondary N) is 2. The SMILES string of the molecule is COc1ccc(CNc2nc3nc(C)cc(=O)n3[nH]2)cc1. The van der Waals surface area contributed by atoms with E-state index in [0.29, 0.717) is 24.0 Å². The molecule has 2 N–H and O–H groups in total. The Labute approximate surface area is 120 Å². The Bertz CT molecular complexity index is 819. The van der Waals surface area contributed by atoms with Crippen LogP contribution in [0.4, 0.5) is 5.95 Å². The highest BCUT2D eigenvalue weighted by Crippen LogP contribution is 2.12. The van der Waals surface area contributed by atoms with Gasteiger partial charge in [0.1, 0.15) is 5.75 Å². The highest BCUT2D eigenvalue weighted by molar-refractivity contribution is 5.38. The molecule has 0 saturated heterocycles. The fraction of sp³-hybridized carbons (Fsp3) is 0.214. The molecule has 21 heavy (non-hydrogen) atoms. The Hall–Kier alpha value is -2.83. The quantitative estimate of drug-likeness (QED) is 0.756. The lowest BCUT2D eigenvalue weighted by Gasteiger charge is -2.04. The van der Waals surface area contributed by atoms with Gasteiger partial charge in [-0.2, -0.15) is 9.50 Å². The van der Waals surface area contributed by atoms with Gasteiger partial charge in [0.05, 0.1) is 7.11 Å². The Morgan fingerprint density at radius 1 is 1.29 bits per heavy atom. The minimum atomic E-state index is -0.178. The van der Waals surface area contributed by atoms with Crippen LogP contribution in [0.2, 0.25) is 0 Å². The van der Waals surface area contributed by atoms with Crippen LogP contribution in [0, 0.1) is 6.92 Å². The largest absolute Gasteiger partial charge is 0.497 e. The summed E-state index contributed by atoms with van der Waals surface area (Å²) in [5.41, 5.74) is 1.54. The molecular formula is C14H15N5O2. The average molecular weight is 285 g/mol. The first-order valence-corrected chi connectivity index (χ1v) is 6.49. The summed E-state index contributed by atoms with van der Waals surface area (Å²) >= 11 is 0. The van der Waals surface area contributed by atoms with E-state index in [-0.39, 0.29) is 5.56 Å². The van der Waals surface area contributed by atoms with Crippen molar-refractivity contribution in [3.05, 3.63) is 51.9 Å². The maximum atomic E-state index is 11.8. The lowest BCUT2D eigenvalue weighted by atomic mass is 10.2. The zero-order valence-electron chi connectivity index (χ0n) is 11.8. The molecule has 108 valence electrons. The van der Waals surface area contributed by atoms with Gasteiger partial charge in [-0.05, 0) is 24.6 Å². The Morgan fingerprint density at radius 2 is 2.05 bits per heavy atom. The fourth-order valence-corrected chi connectivity index (χ4v) is 2.00. The number of anilines is 1. The minimum absolute atomic E-state index is 0.178. The van der Waals surface area contributed by atoms with Gasteiger partial charge >= 0.3 is 0 Å². The highest BCUT2D eigenvalue weighted by Gasteiger charge is 2.06. The van der Waals surface area contributed by atoms with Gasteiger partial charge in [-0.1, -0.05) is 12.1 Å². The molecule has 0 spiro atoms. The molecule has 2 heterocycles. The first-order valence-electron chi connectivity index (χ1n) is 6.49. The van der Waals surface area contributed by atoms with E-state index in [9.17, 15) is 4.79 Å². The molecule has 2 aromatic heterocycles. The number of rotatable bonds is 4. The number of aromatic amines is 1. The van der Waals surface area contributed by atoms with Crippen LogP contribution >= 0.6 is 0 Å². The molecule has 0 fully saturated rings. The molecule has 0 saturated carbocycles. The van der Waals surface area contributed by atoms with Gasteiger partial charge in [0.15, 0.2) is 0 Å². The van der Waals surface area contributed by atoms with E-state index in [1.807, 2.05) is 24.3 Å². The summed E-state index contributed by atoms with van der Waals surface area (Å²) in [6.07, 6.45) is 0. The van der Waals surface area contributed by atoms with E-state index in [0.717, 1.165) is 11.3 Å². The highest BCUT2D eigenvalue weighted by atomic mass is 16.5. The van der Waals surface area contributed by atoms with Gasteiger partial charge in [-0.25, -0.2) is 4.98 Å². The number of hydrogen-bond donors (Lipinski definition) is 2. The zero-order chi connectivity index (χ0) is 14.8. The number of nitrogens with zero attached hydrogens (tertiary/aromatic N) is 3. The number of H-pyrrole nitrogens is 1. The van der Waals surface area contributed by atoms with E-state index in [1.165, 1.54) is 10.6 Å². The summed E-state index contributed by atoms with van der Waals surface area (Å²) in [7, 11) is 1.63. The number of aromatic nitrogens is 4. The number of hydrogen-bond acceptors (Lipinski definition) is 5. The van der Waals surface area contributed by atoms with Crippen molar-refractivity contribution in [1.29, 1.82) is 0 Å².